The second kappa shape index (κ2) is 7.34. The van der Waals surface area contributed by atoms with Gasteiger partial charge in [0, 0.05) is 29.7 Å². The van der Waals surface area contributed by atoms with E-state index >= 15 is 0 Å². The summed E-state index contributed by atoms with van der Waals surface area (Å²) < 4.78 is 12.3. The van der Waals surface area contributed by atoms with E-state index in [0.29, 0.717) is 12.1 Å². The maximum absolute atomic E-state index is 5.82. The Morgan fingerprint density at radius 2 is 1.81 bits per heavy atom. The first-order valence-corrected chi connectivity index (χ1v) is 10.1. The minimum absolute atomic E-state index is 0.0736. The van der Waals surface area contributed by atoms with Crippen LogP contribution in [0.15, 0.2) is 53.0 Å². The largest absolute Gasteiger partial charge is 0.497 e. The average Bonchev–Trinajstić information content (AvgIpc) is 2.88. The highest BCUT2D eigenvalue weighted by atomic mass is 79.9. The first kappa shape index (κ1) is 18.0. The molecular formula is C22H26BrNO2. The molecule has 2 aliphatic heterocycles. The first-order chi connectivity index (χ1) is 12.6. The molecule has 2 bridgehead atoms. The summed E-state index contributed by atoms with van der Waals surface area (Å²) in [6, 6.07) is 18.0. The average molecular weight is 416 g/mol. The molecule has 0 spiro atoms. The number of hydrogen-bond acceptors (Lipinski definition) is 3. The maximum atomic E-state index is 5.82. The lowest BCUT2D eigenvalue weighted by Gasteiger charge is -2.48. The zero-order valence-corrected chi connectivity index (χ0v) is 17.0. The first-order valence-electron chi connectivity index (χ1n) is 9.33. The predicted molar refractivity (Wildman–Crippen MR) is 107 cm³/mol. The van der Waals surface area contributed by atoms with Gasteiger partial charge in [-0.05, 0) is 61.1 Å². The van der Waals surface area contributed by atoms with Crippen LogP contribution in [-0.4, -0.2) is 31.3 Å². The number of fused-ring (bicyclic) bond motifs is 2. The second-order valence-corrected chi connectivity index (χ2v) is 8.42. The molecule has 4 rings (SSSR count). The topological polar surface area (TPSA) is 21.7 Å². The van der Waals surface area contributed by atoms with E-state index in [4.69, 9.17) is 9.47 Å². The normalized spacial score (nSPS) is 28.3. The lowest BCUT2D eigenvalue weighted by molar-refractivity contribution is -0.0460. The van der Waals surface area contributed by atoms with E-state index in [1.165, 1.54) is 24.0 Å². The summed E-state index contributed by atoms with van der Waals surface area (Å²) >= 11 is 3.58. The van der Waals surface area contributed by atoms with Crippen LogP contribution in [0.25, 0.3) is 0 Å². The Kier molecular flexibility index (Phi) is 5.09. The van der Waals surface area contributed by atoms with Crippen molar-refractivity contribution in [2.24, 2.45) is 0 Å². The zero-order valence-electron chi connectivity index (χ0n) is 15.5. The fraction of sp³-hybridized carbons (Fsp3) is 0.455. The molecule has 4 heteroatoms. The van der Waals surface area contributed by atoms with E-state index in [2.05, 4.69) is 69.4 Å². The van der Waals surface area contributed by atoms with Gasteiger partial charge in [0.15, 0.2) is 0 Å². The van der Waals surface area contributed by atoms with Gasteiger partial charge in [0.1, 0.15) is 5.75 Å². The molecule has 2 heterocycles. The highest BCUT2D eigenvalue weighted by Gasteiger charge is 2.52. The molecule has 2 aromatic rings. The SMILES string of the molecule is COc1ccc(CN2C3CCC2(c2ccc(Br)cc2)CC(OC)C3)cc1. The molecular weight excluding hydrogens is 390 g/mol. The van der Waals surface area contributed by atoms with E-state index in [0.717, 1.165) is 29.6 Å². The Morgan fingerprint density at radius 3 is 2.46 bits per heavy atom. The molecule has 2 aliphatic rings. The number of hydrogen-bond donors (Lipinski definition) is 0. The molecule has 2 aromatic carbocycles. The van der Waals surface area contributed by atoms with Crippen molar-refractivity contribution in [1.82, 2.24) is 4.90 Å². The Bertz CT molecular complexity index is 746. The molecule has 26 heavy (non-hydrogen) atoms. The van der Waals surface area contributed by atoms with Crippen LogP contribution in [0.4, 0.5) is 0 Å². The van der Waals surface area contributed by atoms with Gasteiger partial charge in [0.05, 0.1) is 13.2 Å². The Balaban J connectivity index is 1.67. The number of halogens is 1. The minimum atomic E-state index is 0.0736. The second-order valence-electron chi connectivity index (χ2n) is 7.50. The summed E-state index contributed by atoms with van der Waals surface area (Å²) in [4.78, 5) is 2.73. The molecule has 0 aliphatic carbocycles. The third-order valence-corrected chi connectivity index (χ3v) is 6.74. The molecule has 2 fully saturated rings. The standard InChI is InChI=1S/C22H26BrNO2/c1-25-20-9-3-16(4-10-20)15-24-19-11-12-22(24,14-21(13-19)26-2)17-5-7-18(23)8-6-17/h3-10,19,21H,11-15H2,1-2H3. The van der Waals surface area contributed by atoms with Crippen LogP contribution >= 0.6 is 15.9 Å². The third-order valence-electron chi connectivity index (χ3n) is 6.21. The smallest absolute Gasteiger partial charge is 0.118 e. The number of methoxy groups -OCH3 is 2. The van der Waals surface area contributed by atoms with Gasteiger partial charge in [-0.2, -0.15) is 0 Å². The molecule has 0 aromatic heterocycles. The van der Waals surface area contributed by atoms with Gasteiger partial charge < -0.3 is 9.47 Å². The van der Waals surface area contributed by atoms with Gasteiger partial charge >= 0.3 is 0 Å². The lowest BCUT2D eigenvalue weighted by atomic mass is 9.80. The van der Waals surface area contributed by atoms with Crippen molar-refractivity contribution < 1.29 is 9.47 Å². The summed E-state index contributed by atoms with van der Waals surface area (Å²) in [5.41, 5.74) is 2.83. The van der Waals surface area contributed by atoms with Crippen molar-refractivity contribution >= 4 is 15.9 Å². The van der Waals surface area contributed by atoms with E-state index in [1.54, 1.807) is 7.11 Å². The van der Waals surface area contributed by atoms with Gasteiger partial charge in [0.2, 0.25) is 0 Å². The molecule has 138 valence electrons. The number of benzene rings is 2. The van der Waals surface area contributed by atoms with E-state index < -0.39 is 0 Å². The van der Waals surface area contributed by atoms with Crippen molar-refractivity contribution in [3.8, 4) is 5.75 Å². The molecule has 3 nitrogen and oxygen atoms in total. The Hall–Kier alpha value is -1.36. The van der Waals surface area contributed by atoms with Crippen LogP contribution in [0.1, 0.15) is 36.8 Å². The number of ether oxygens (including phenoxy) is 2. The third kappa shape index (κ3) is 3.19. The molecule has 2 saturated heterocycles. The van der Waals surface area contributed by atoms with Crippen molar-refractivity contribution in [3.63, 3.8) is 0 Å². The molecule has 0 saturated carbocycles. The zero-order chi connectivity index (χ0) is 18.1. The van der Waals surface area contributed by atoms with E-state index in [1.807, 2.05) is 7.11 Å². The Morgan fingerprint density at radius 1 is 1.08 bits per heavy atom. The van der Waals surface area contributed by atoms with Crippen LogP contribution in [-0.2, 0) is 16.8 Å². The summed E-state index contributed by atoms with van der Waals surface area (Å²) in [5.74, 6) is 0.914. The van der Waals surface area contributed by atoms with E-state index in [-0.39, 0.29) is 5.54 Å². The fourth-order valence-corrected chi connectivity index (χ4v) is 5.12. The van der Waals surface area contributed by atoms with Crippen molar-refractivity contribution in [1.29, 1.82) is 0 Å². The quantitative estimate of drug-likeness (QED) is 0.675. The van der Waals surface area contributed by atoms with Crippen molar-refractivity contribution in [2.45, 2.75) is 49.9 Å². The monoisotopic (exact) mass is 415 g/mol. The maximum Gasteiger partial charge on any atom is 0.118 e. The fourth-order valence-electron chi connectivity index (χ4n) is 4.86. The highest BCUT2D eigenvalue weighted by Crippen LogP contribution is 2.52. The summed E-state index contributed by atoms with van der Waals surface area (Å²) in [5, 5.41) is 0. The van der Waals surface area contributed by atoms with E-state index in [9.17, 15) is 0 Å². The summed E-state index contributed by atoms with van der Waals surface area (Å²) in [6.45, 7) is 0.973. The van der Waals surface area contributed by atoms with Crippen LogP contribution < -0.4 is 4.74 Å². The molecule has 0 N–H and O–H groups in total. The predicted octanol–water partition coefficient (Wildman–Crippen LogP) is 5.13. The van der Waals surface area contributed by atoms with Gasteiger partial charge in [-0.15, -0.1) is 0 Å². The van der Waals surface area contributed by atoms with Gasteiger partial charge in [-0.25, -0.2) is 0 Å². The lowest BCUT2D eigenvalue weighted by Crippen LogP contribution is -2.51. The van der Waals surface area contributed by atoms with Crippen LogP contribution in [0.3, 0.4) is 0 Å². The minimum Gasteiger partial charge on any atom is -0.497 e. The van der Waals surface area contributed by atoms with Gasteiger partial charge in [0.25, 0.3) is 0 Å². The molecule has 3 atom stereocenters. The Labute approximate surface area is 164 Å². The summed E-state index contributed by atoms with van der Waals surface area (Å²) in [7, 11) is 3.58. The van der Waals surface area contributed by atoms with Crippen LogP contribution in [0.5, 0.6) is 5.75 Å². The van der Waals surface area contributed by atoms with Gasteiger partial charge in [-0.1, -0.05) is 40.2 Å². The number of rotatable bonds is 5. The molecule has 3 unspecified atom stereocenters. The van der Waals surface area contributed by atoms with Gasteiger partial charge in [-0.3, -0.25) is 4.90 Å². The highest BCUT2D eigenvalue weighted by molar-refractivity contribution is 9.10. The van der Waals surface area contributed by atoms with Crippen LogP contribution in [0.2, 0.25) is 0 Å². The van der Waals surface area contributed by atoms with Crippen molar-refractivity contribution in [2.75, 3.05) is 14.2 Å². The van der Waals surface area contributed by atoms with Crippen molar-refractivity contribution in [3.05, 3.63) is 64.1 Å². The van der Waals surface area contributed by atoms with Crippen LogP contribution in [0, 0.1) is 0 Å². The summed E-state index contributed by atoms with van der Waals surface area (Å²) in [6.07, 6.45) is 4.99. The number of nitrogens with zero attached hydrogens (tertiary/aromatic N) is 1. The molecule has 0 radical (unpaired) electrons. The molecule has 0 amide bonds. The number of piperidine rings is 1.